The Balaban J connectivity index is 1.41. The third-order valence-corrected chi connectivity index (χ3v) is 10.5. The van der Waals surface area contributed by atoms with E-state index in [9.17, 15) is 36.8 Å². The van der Waals surface area contributed by atoms with E-state index in [-0.39, 0.29) is 35.2 Å². The molecule has 0 bridgehead atoms. The van der Waals surface area contributed by atoms with Crippen LogP contribution in [0.15, 0.2) is 41.6 Å². The number of halogens is 3. The topological polar surface area (TPSA) is 158 Å². The Kier molecular flexibility index (Phi) is 7.93. The molecule has 6 heterocycles. The van der Waals surface area contributed by atoms with Gasteiger partial charge in [-0.3, -0.25) is 14.2 Å². The van der Waals surface area contributed by atoms with Gasteiger partial charge in [-0.1, -0.05) is 6.07 Å². The van der Waals surface area contributed by atoms with Crippen molar-refractivity contribution >= 4 is 27.5 Å². The summed E-state index contributed by atoms with van der Waals surface area (Å²) in [6, 6.07) is 7.93. The van der Waals surface area contributed by atoms with Gasteiger partial charge in [0.15, 0.2) is 5.65 Å². The number of carboxylic acids is 1. The Hall–Kier alpha value is -4.62. The van der Waals surface area contributed by atoms with Crippen LogP contribution < -0.4 is 4.90 Å². The van der Waals surface area contributed by atoms with Gasteiger partial charge in [-0.15, -0.1) is 10.2 Å². The number of carbonyl (C=O) groups is 1. The number of nitrogens with zero attached hydrogens (tertiary/aromatic N) is 8. The number of hydrogen-bond donors (Lipinski definition) is 1. The van der Waals surface area contributed by atoms with E-state index in [1.54, 1.807) is 26.0 Å². The maximum atomic E-state index is 14.1. The van der Waals surface area contributed by atoms with Gasteiger partial charge in [0.25, 0.3) is 0 Å². The summed E-state index contributed by atoms with van der Waals surface area (Å²) in [6.45, 7) is 3.98. The van der Waals surface area contributed by atoms with Crippen molar-refractivity contribution in [2.24, 2.45) is 0 Å². The van der Waals surface area contributed by atoms with Crippen LogP contribution in [0.3, 0.4) is 0 Å². The fraction of sp³-hybridized carbons (Fsp3) is 0.400. The van der Waals surface area contributed by atoms with E-state index in [0.717, 1.165) is 29.9 Å². The van der Waals surface area contributed by atoms with Crippen LogP contribution in [-0.4, -0.2) is 67.5 Å². The van der Waals surface area contributed by atoms with Crippen molar-refractivity contribution in [3.63, 3.8) is 0 Å². The van der Waals surface area contributed by atoms with Crippen molar-refractivity contribution in [1.82, 2.24) is 28.9 Å². The van der Waals surface area contributed by atoms with Crippen LogP contribution in [-0.2, 0) is 27.5 Å². The SMILES string of the molecule is Cc1ccc([C@H](CC(=O)O)c2ccn3c(C(F)(F)F)nnc3c2C)nc1CN1C[C@H]2CCCCN2c2ncc(C#N)cc2S1(=O)=O. The number of carboxylic acid groups (broad SMARTS) is 1. The van der Waals surface area contributed by atoms with E-state index in [2.05, 4.69) is 15.2 Å². The van der Waals surface area contributed by atoms with Crippen LogP contribution in [0, 0.1) is 25.2 Å². The average molecular weight is 655 g/mol. The maximum Gasteiger partial charge on any atom is 0.452 e. The van der Waals surface area contributed by atoms with Gasteiger partial charge < -0.3 is 10.0 Å². The van der Waals surface area contributed by atoms with E-state index in [4.69, 9.17) is 4.98 Å². The Morgan fingerprint density at radius 3 is 2.70 bits per heavy atom. The first-order valence-corrected chi connectivity index (χ1v) is 16.0. The van der Waals surface area contributed by atoms with E-state index < -0.39 is 40.3 Å². The highest BCUT2D eigenvalue weighted by atomic mass is 32.2. The van der Waals surface area contributed by atoms with Crippen LogP contribution in [0.4, 0.5) is 19.0 Å². The van der Waals surface area contributed by atoms with Gasteiger partial charge in [0, 0.05) is 43.1 Å². The molecular formula is C30H29F3N8O4S. The van der Waals surface area contributed by atoms with Crippen LogP contribution in [0.1, 0.15) is 71.1 Å². The largest absolute Gasteiger partial charge is 0.481 e. The summed E-state index contributed by atoms with van der Waals surface area (Å²) < 4.78 is 70.8. The Morgan fingerprint density at radius 1 is 1.20 bits per heavy atom. The first-order chi connectivity index (χ1) is 21.8. The molecule has 2 atom stereocenters. The van der Waals surface area contributed by atoms with Gasteiger partial charge in [-0.25, -0.2) is 13.4 Å². The van der Waals surface area contributed by atoms with E-state index in [0.29, 0.717) is 40.4 Å². The van der Waals surface area contributed by atoms with E-state index >= 15 is 0 Å². The fourth-order valence-corrected chi connectivity index (χ4v) is 7.94. The van der Waals surface area contributed by atoms with Gasteiger partial charge in [0.2, 0.25) is 15.8 Å². The number of fused-ring (bicyclic) bond motifs is 4. The highest BCUT2D eigenvalue weighted by molar-refractivity contribution is 7.89. The van der Waals surface area contributed by atoms with Crippen LogP contribution in [0.5, 0.6) is 0 Å². The third-order valence-electron chi connectivity index (χ3n) is 8.67. The minimum atomic E-state index is -4.74. The average Bonchev–Trinajstić information content (AvgIpc) is 3.44. The molecule has 0 aliphatic carbocycles. The molecule has 2 aliphatic heterocycles. The minimum Gasteiger partial charge on any atom is -0.481 e. The summed E-state index contributed by atoms with van der Waals surface area (Å²) in [4.78, 5) is 23.1. The number of piperidine rings is 1. The van der Waals surface area contributed by atoms with Crippen molar-refractivity contribution in [3.05, 3.63) is 76.1 Å². The lowest BCUT2D eigenvalue weighted by atomic mass is 9.89. The fourth-order valence-electron chi connectivity index (χ4n) is 6.32. The standard InChI is InChI=1S/C30H29F3N8O4S/c1-17-6-7-23(22(12-26(42)43)21-8-10-41-27(18(21)2)37-38-29(41)30(31,32)33)36-24(17)16-39-15-20-5-3-4-9-40(20)28-25(46(39,44)45)11-19(13-34)14-35-28/h6-8,10-11,14,20,22H,3-5,9,12,15-16H2,1-2H3,(H,42,43)/t20-,22-/m1/s1. The number of pyridine rings is 3. The molecule has 240 valence electrons. The van der Waals surface area contributed by atoms with Gasteiger partial charge in [-0.05, 0) is 68.0 Å². The first-order valence-electron chi connectivity index (χ1n) is 14.6. The van der Waals surface area contributed by atoms with Crippen molar-refractivity contribution < 1.29 is 31.5 Å². The lowest BCUT2D eigenvalue weighted by molar-refractivity contribution is -0.145. The predicted molar refractivity (Wildman–Crippen MR) is 157 cm³/mol. The minimum absolute atomic E-state index is 0.0519. The van der Waals surface area contributed by atoms with Gasteiger partial charge >= 0.3 is 12.1 Å². The molecule has 46 heavy (non-hydrogen) atoms. The summed E-state index contributed by atoms with van der Waals surface area (Å²) in [7, 11) is -4.14. The number of nitriles is 1. The second-order valence-corrected chi connectivity index (χ2v) is 13.5. The summed E-state index contributed by atoms with van der Waals surface area (Å²) in [5, 5.41) is 26.3. The highest BCUT2D eigenvalue weighted by Crippen LogP contribution is 2.37. The van der Waals surface area contributed by atoms with Crippen LogP contribution >= 0.6 is 0 Å². The Bertz CT molecular complexity index is 2010. The molecule has 4 aromatic rings. The molecule has 0 unspecified atom stereocenters. The van der Waals surface area contributed by atoms with Crippen molar-refractivity contribution in [1.29, 1.82) is 5.26 Å². The number of aromatic nitrogens is 5. The van der Waals surface area contributed by atoms with Crippen LogP contribution in [0.25, 0.3) is 5.65 Å². The number of alkyl halides is 3. The zero-order valence-corrected chi connectivity index (χ0v) is 25.7. The molecule has 0 radical (unpaired) electrons. The zero-order chi connectivity index (χ0) is 33.0. The molecule has 0 saturated carbocycles. The Morgan fingerprint density at radius 2 is 1.98 bits per heavy atom. The second-order valence-electron chi connectivity index (χ2n) is 11.6. The smallest absolute Gasteiger partial charge is 0.452 e. The van der Waals surface area contributed by atoms with Crippen molar-refractivity contribution in [3.8, 4) is 6.07 Å². The lowest BCUT2D eigenvalue weighted by Gasteiger charge is -2.36. The third kappa shape index (κ3) is 5.53. The molecule has 1 fully saturated rings. The molecule has 1 N–H and O–H groups in total. The quantitative estimate of drug-likeness (QED) is 0.320. The molecule has 12 nitrogen and oxygen atoms in total. The molecule has 2 aliphatic rings. The molecular weight excluding hydrogens is 625 g/mol. The zero-order valence-electron chi connectivity index (χ0n) is 24.9. The van der Waals surface area contributed by atoms with Gasteiger partial charge in [-0.2, -0.15) is 22.7 Å². The van der Waals surface area contributed by atoms with Crippen molar-refractivity contribution in [2.45, 2.75) is 69.1 Å². The Labute approximate surface area is 262 Å². The van der Waals surface area contributed by atoms with Crippen molar-refractivity contribution in [2.75, 3.05) is 18.0 Å². The van der Waals surface area contributed by atoms with Crippen LogP contribution in [0.2, 0.25) is 0 Å². The second kappa shape index (κ2) is 11.6. The number of aliphatic carboxylic acids is 1. The van der Waals surface area contributed by atoms with Gasteiger partial charge in [0.1, 0.15) is 16.8 Å². The molecule has 1 saturated heterocycles. The number of hydrogen-bond acceptors (Lipinski definition) is 9. The summed E-state index contributed by atoms with van der Waals surface area (Å²) >= 11 is 0. The normalized spacial score (nSPS) is 18.8. The highest BCUT2D eigenvalue weighted by Gasteiger charge is 2.40. The summed E-state index contributed by atoms with van der Waals surface area (Å²) in [5.41, 5.74) is 2.14. The van der Waals surface area contributed by atoms with E-state index in [1.165, 1.54) is 22.6 Å². The molecule has 0 amide bonds. The molecule has 6 rings (SSSR count). The first kappa shape index (κ1) is 31.4. The summed E-state index contributed by atoms with van der Waals surface area (Å²) in [5.74, 6) is -2.92. The lowest BCUT2D eigenvalue weighted by Crippen LogP contribution is -2.45. The number of anilines is 1. The predicted octanol–water partition coefficient (Wildman–Crippen LogP) is 4.20. The van der Waals surface area contributed by atoms with Gasteiger partial charge in [0.05, 0.1) is 24.2 Å². The monoisotopic (exact) mass is 654 g/mol. The number of aryl methyl sites for hydroxylation is 2. The number of rotatable bonds is 6. The van der Waals surface area contributed by atoms with E-state index in [1.807, 2.05) is 11.0 Å². The maximum absolute atomic E-state index is 14.1. The molecule has 4 aromatic heterocycles. The molecule has 16 heteroatoms. The summed E-state index contributed by atoms with van der Waals surface area (Å²) in [6.07, 6.45) is -0.0897. The molecule has 0 spiro atoms. The number of sulfonamides is 1. The molecule has 0 aromatic carbocycles.